The van der Waals surface area contributed by atoms with Crippen LogP contribution in [0.5, 0.6) is 0 Å². The van der Waals surface area contributed by atoms with Gasteiger partial charge in [-0.05, 0) is 54.4 Å². The minimum absolute atomic E-state index is 0.0735. The molecule has 0 aliphatic carbocycles. The number of hydrogen-bond donors (Lipinski definition) is 1. The Morgan fingerprint density at radius 2 is 1.65 bits per heavy atom. The van der Waals surface area contributed by atoms with Crippen molar-refractivity contribution in [1.82, 2.24) is 0 Å². The molecule has 0 saturated heterocycles. The number of para-hydroxylation sites is 1. The van der Waals surface area contributed by atoms with Crippen molar-refractivity contribution in [1.29, 1.82) is 0 Å². The third-order valence-corrected chi connectivity index (χ3v) is 5.15. The summed E-state index contributed by atoms with van der Waals surface area (Å²) in [4.78, 5) is 38.2. The number of non-ortho nitro benzene ring substituents is 1. The lowest BCUT2D eigenvalue weighted by Gasteiger charge is -2.16. The first kappa shape index (κ1) is 20.3. The van der Waals surface area contributed by atoms with E-state index in [-0.39, 0.29) is 27.7 Å². The molecule has 0 saturated carbocycles. The molecule has 3 aromatic rings. The lowest BCUT2D eigenvalue weighted by atomic mass is 10.0. The number of nitro benzene ring substituents is 1. The van der Waals surface area contributed by atoms with E-state index in [1.807, 2.05) is 25.1 Å². The van der Waals surface area contributed by atoms with E-state index in [9.17, 15) is 19.7 Å². The molecule has 0 bridgehead atoms. The number of hydrogen-bond acceptors (Lipinski definition) is 5. The summed E-state index contributed by atoms with van der Waals surface area (Å²) in [5.41, 5.74) is 2.33. The standard InChI is InChI=1S/C23H16ClN3O4/c1-14-5-4-6-16(13-14)25-21-20(15-9-11-17(12-10-15)27(30)31)22(28)26(23(21)29)19-8-3-2-7-18(19)24/h2-13,25H,1H3. The molecule has 0 atom stereocenters. The average Bonchev–Trinajstić information content (AvgIpc) is 2.98. The number of carbonyl (C=O) groups excluding carboxylic acids is 2. The highest BCUT2D eigenvalue weighted by atomic mass is 35.5. The molecule has 31 heavy (non-hydrogen) atoms. The smallest absolute Gasteiger partial charge is 0.282 e. The quantitative estimate of drug-likeness (QED) is 0.349. The summed E-state index contributed by atoms with van der Waals surface area (Å²) in [6.45, 7) is 1.91. The molecular weight excluding hydrogens is 418 g/mol. The summed E-state index contributed by atoms with van der Waals surface area (Å²) < 4.78 is 0. The Bertz CT molecular complexity index is 1250. The topological polar surface area (TPSA) is 92.6 Å². The van der Waals surface area contributed by atoms with Crippen molar-refractivity contribution in [2.24, 2.45) is 0 Å². The van der Waals surface area contributed by atoms with E-state index in [2.05, 4.69) is 5.32 Å². The molecule has 1 aliphatic rings. The van der Waals surface area contributed by atoms with Crippen molar-refractivity contribution in [3.8, 4) is 0 Å². The molecule has 0 aromatic heterocycles. The van der Waals surface area contributed by atoms with Crippen LogP contribution in [-0.2, 0) is 9.59 Å². The van der Waals surface area contributed by atoms with Crippen LogP contribution in [0.15, 0.2) is 78.5 Å². The van der Waals surface area contributed by atoms with Crippen molar-refractivity contribution in [2.45, 2.75) is 6.92 Å². The Morgan fingerprint density at radius 3 is 2.29 bits per heavy atom. The van der Waals surface area contributed by atoms with Crippen molar-refractivity contribution in [3.63, 3.8) is 0 Å². The van der Waals surface area contributed by atoms with Gasteiger partial charge in [-0.15, -0.1) is 0 Å². The van der Waals surface area contributed by atoms with E-state index in [1.165, 1.54) is 24.3 Å². The van der Waals surface area contributed by atoms with Gasteiger partial charge in [-0.2, -0.15) is 0 Å². The highest BCUT2D eigenvalue weighted by Gasteiger charge is 2.41. The molecule has 0 radical (unpaired) electrons. The second-order valence-electron chi connectivity index (χ2n) is 6.95. The zero-order chi connectivity index (χ0) is 22.1. The molecule has 1 N–H and O–H groups in total. The van der Waals surface area contributed by atoms with Crippen LogP contribution in [0.4, 0.5) is 17.1 Å². The molecule has 4 rings (SSSR count). The van der Waals surface area contributed by atoms with Gasteiger partial charge in [0.25, 0.3) is 17.5 Å². The molecule has 0 fully saturated rings. The maximum absolute atomic E-state index is 13.4. The second-order valence-corrected chi connectivity index (χ2v) is 7.35. The van der Waals surface area contributed by atoms with E-state index >= 15 is 0 Å². The number of imide groups is 1. The zero-order valence-corrected chi connectivity index (χ0v) is 17.1. The Morgan fingerprint density at radius 1 is 0.935 bits per heavy atom. The maximum Gasteiger partial charge on any atom is 0.282 e. The summed E-state index contributed by atoms with van der Waals surface area (Å²) in [6.07, 6.45) is 0. The number of anilines is 2. The van der Waals surface area contributed by atoms with Gasteiger partial charge in [0.15, 0.2) is 0 Å². The van der Waals surface area contributed by atoms with Crippen molar-refractivity contribution < 1.29 is 14.5 Å². The minimum Gasteiger partial charge on any atom is -0.350 e. The number of nitrogens with zero attached hydrogens (tertiary/aromatic N) is 2. The first-order chi connectivity index (χ1) is 14.9. The minimum atomic E-state index is -0.567. The number of amides is 2. The van der Waals surface area contributed by atoms with Crippen molar-refractivity contribution in [3.05, 3.63) is 105 Å². The van der Waals surface area contributed by atoms with Crippen LogP contribution in [0.2, 0.25) is 5.02 Å². The normalized spacial score (nSPS) is 13.7. The van der Waals surface area contributed by atoms with Gasteiger partial charge in [0, 0.05) is 17.8 Å². The summed E-state index contributed by atoms with van der Waals surface area (Å²) >= 11 is 6.25. The molecule has 7 nitrogen and oxygen atoms in total. The van der Waals surface area contributed by atoms with Crippen molar-refractivity contribution >= 4 is 46.1 Å². The largest absolute Gasteiger partial charge is 0.350 e. The van der Waals surface area contributed by atoms with Gasteiger partial charge >= 0.3 is 0 Å². The van der Waals surface area contributed by atoms with E-state index < -0.39 is 16.7 Å². The Hall–Kier alpha value is -3.97. The van der Waals surface area contributed by atoms with Crippen molar-refractivity contribution in [2.75, 3.05) is 10.2 Å². The first-order valence-corrected chi connectivity index (χ1v) is 9.70. The third kappa shape index (κ3) is 3.78. The summed E-state index contributed by atoms with van der Waals surface area (Å²) in [6, 6.07) is 19.4. The van der Waals surface area contributed by atoms with Crippen LogP contribution >= 0.6 is 11.6 Å². The lowest BCUT2D eigenvalue weighted by Crippen LogP contribution is -2.32. The SMILES string of the molecule is Cc1cccc(NC2=C(c3ccc([N+](=O)[O-])cc3)C(=O)N(c3ccccc3Cl)C2=O)c1. The molecule has 8 heteroatoms. The lowest BCUT2D eigenvalue weighted by molar-refractivity contribution is -0.384. The van der Waals surface area contributed by atoms with Crippen LogP contribution in [0.1, 0.15) is 11.1 Å². The molecule has 0 unspecified atom stereocenters. The summed E-state index contributed by atoms with van der Waals surface area (Å²) in [5, 5.41) is 14.3. The van der Waals surface area contributed by atoms with Crippen LogP contribution in [0.3, 0.4) is 0 Å². The molecule has 3 aromatic carbocycles. The van der Waals surface area contributed by atoms with Gasteiger partial charge in [-0.3, -0.25) is 19.7 Å². The molecule has 154 valence electrons. The highest BCUT2D eigenvalue weighted by Crippen LogP contribution is 2.37. The van der Waals surface area contributed by atoms with Gasteiger partial charge in [0.2, 0.25) is 0 Å². The number of aryl methyl sites for hydroxylation is 1. The number of nitrogens with one attached hydrogen (secondary N) is 1. The monoisotopic (exact) mass is 433 g/mol. The predicted molar refractivity (Wildman–Crippen MR) is 119 cm³/mol. The third-order valence-electron chi connectivity index (χ3n) is 4.83. The van der Waals surface area contributed by atoms with Gasteiger partial charge in [-0.1, -0.05) is 35.9 Å². The summed E-state index contributed by atoms with van der Waals surface area (Å²) in [5.74, 6) is -1.13. The highest BCUT2D eigenvalue weighted by molar-refractivity contribution is 6.48. The Labute approximate surface area is 182 Å². The fourth-order valence-electron chi connectivity index (χ4n) is 3.38. The van der Waals surface area contributed by atoms with E-state index in [0.29, 0.717) is 11.3 Å². The molecule has 2 amide bonds. The number of carbonyl (C=O) groups is 2. The number of nitro groups is 1. The van der Waals surface area contributed by atoms with Crippen LogP contribution < -0.4 is 10.2 Å². The first-order valence-electron chi connectivity index (χ1n) is 9.33. The van der Waals surface area contributed by atoms with E-state index in [0.717, 1.165) is 10.5 Å². The molecule has 1 heterocycles. The van der Waals surface area contributed by atoms with Gasteiger partial charge in [-0.25, -0.2) is 4.90 Å². The van der Waals surface area contributed by atoms with E-state index in [1.54, 1.807) is 30.3 Å². The van der Waals surface area contributed by atoms with Gasteiger partial charge < -0.3 is 5.32 Å². The Balaban J connectivity index is 1.84. The average molecular weight is 434 g/mol. The number of rotatable bonds is 5. The molecular formula is C23H16ClN3O4. The fraction of sp³-hybridized carbons (Fsp3) is 0.0435. The van der Waals surface area contributed by atoms with Crippen LogP contribution in [-0.4, -0.2) is 16.7 Å². The maximum atomic E-state index is 13.4. The fourth-order valence-corrected chi connectivity index (χ4v) is 3.60. The molecule has 0 spiro atoms. The van der Waals surface area contributed by atoms with Crippen LogP contribution in [0.25, 0.3) is 5.57 Å². The van der Waals surface area contributed by atoms with Gasteiger partial charge in [0.05, 0.1) is 21.2 Å². The predicted octanol–water partition coefficient (Wildman–Crippen LogP) is 4.95. The number of benzene rings is 3. The summed E-state index contributed by atoms with van der Waals surface area (Å²) in [7, 11) is 0. The van der Waals surface area contributed by atoms with Crippen LogP contribution in [0, 0.1) is 17.0 Å². The Kier molecular flexibility index (Phi) is 5.27. The zero-order valence-electron chi connectivity index (χ0n) is 16.3. The number of halogens is 1. The second kappa shape index (κ2) is 8.04. The van der Waals surface area contributed by atoms with Gasteiger partial charge in [0.1, 0.15) is 5.70 Å². The van der Waals surface area contributed by atoms with E-state index in [4.69, 9.17) is 11.6 Å². The molecule has 1 aliphatic heterocycles.